The quantitative estimate of drug-likeness (QED) is 0.666. The SMILES string of the molecule is CC(=O)SC1CC(=O)N(C[C@@H](O)CO)C1. The Morgan fingerprint density at radius 2 is 2.40 bits per heavy atom. The van der Waals surface area contributed by atoms with Crippen LogP contribution in [0.1, 0.15) is 13.3 Å². The molecule has 0 aromatic carbocycles. The number of hydrogen-bond acceptors (Lipinski definition) is 5. The molecule has 0 saturated carbocycles. The van der Waals surface area contributed by atoms with Gasteiger partial charge < -0.3 is 15.1 Å². The molecule has 1 amide bonds. The third-order valence-electron chi connectivity index (χ3n) is 2.15. The smallest absolute Gasteiger partial charge is 0.223 e. The molecule has 1 aliphatic rings. The number of β-amino-alcohol motifs (C(OH)–C–C–N with tert-alkyl or cyclic N) is 1. The molecule has 0 aromatic heterocycles. The number of likely N-dealkylation sites (tertiary alicyclic amines) is 1. The lowest BCUT2D eigenvalue weighted by Gasteiger charge is -2.18. The second-order valence-corrected chi connectivity index (χ2v) is 5.05. The Hall–Kier alpha value is -0.590. The number of aliphatic hydroxyl groups excluding tert-OH is 2. The minimum Gasteiger partial charge on any atom is -0.394 e. The number of rotatable bonds is 4. The Morgan fingerprint density at radius 1 is 1.73 bits per heavy atom. The highest BCUT2D eigenvalue weighted by Crippen LogP contribution is 2.24. The van der Waals surface area contributed by atoms with E-state index >= 15 is 0 Å². The largest absolute Gasteiger partial charge is 0.394 e. The van der Waals surface area contributed by atoms with Crippen molar-refractivity contribution >= 4 is 22.8 Å². The van der Waals surface area contributed by atoms with Gasteiger partial charge in [-0.25, -0.2) is 0 Å². The van der Waals surface area contributed by atoms with Gasteiger partial charge in [-0.15, -0.1) is 0 Å². The minimum absolute atomic E-state index is 0.00245. The number of carbonyl (C=O) groups excluding carboxylic acids is 2. The van der Waals surface area contributed by atoms with E-state index in [4.69, 9.17) is 5.11 Å². The molecule has 0 spiro atoms. The normalized spacial score (nSPS) is 23.3. The third-order valence-corrected chi connectivity index (χ3v) is 3.13. The molecule has 1 rings (SSSR count). The fourth-order valence-corrected chi connectivity index (χ4v) is 2.49. The first-order valence-corrected chi connectivity index (χ1v) is 5.64. The zero-order chi connectivity index (χ0) is 11.4. The number of thioether (sulfide) groups is 1. The molecule has 1 saturated heterocycles. The fourth-order valence-electron chi connectivity index (χ4n) is 1.54. The summed E-state index contributed by atoms with van der Waals surface area (Å²) in [6, 6.07) is 0. The fraction of sp³-hybridized carbons (Fsp3) is 0.778. The van der Waals surface area contributed by atoms with Crippen molar-refractivity contribution in [3.8, 4) is 0 Å². The number of nitrogens with zero attached hydrogens (tertiary/aromatic N) is 1. The first kappa shape index (κ1) is 12.5. The van der Waals surface area contributed by atoms with Gasteiger partial charge in [-0.2, -0.15) is 0 Å². The molecule has 1 heterocycles. The van der Waals surface area contributed by atoms with Crippen LogP contribution in [0.3, 0.4) is 0 Å². The predicted molar refractivity (Wildman–Crippen MR) is 56.3 cm³/mol. The van der Waals surface area contributed by atoms with E-state index in [0.29, 0.717) is 13.0 Å². The van der Waals surface area contributed by atoms with Crippen LogP contribution < -0.4 is 0 Å². The molecule has 86 valence electrons. The summed E-state index contributed by atoms with van der Waals surface area (Å²) in [6.45, 7) is 1.74. The van der Waals surface area contributed by atoms with Crippen molar-refractivity contribution in [3.05, 3.63) is 0 Å². The summed E-state index contributed by atoms with van der Waals surface area (Å²) >= 11 is 1.16. The van der Waals surface area contributed by atoms with Crippen LogP contribution in [0, 0.1) is 0 Å². The standard InChI is InChI=1S/C9H15NO4S/c1-6(12)15-8-2-9(14)10(4-8)3-7(13)5-11/h7-8,11,13H,2-5H2,1H3/t7-,8?/m1/s1. The Morgan fingerprint density at radius 3 is 2.93 bits per heavy atom. The van der Waals surface area contributed by atoms with Crippen LogP contribution >= 0.6 is 11.8 Å². The summed E-state index contributed by atoms with van der Waals surface area (Å²) in [5.41, 5.74) is 0. The first-order chi connectivity index (χ1) is 7.02. The molecular formula is C9H15NO4S. The summed E-state index contributed by atoms with van der Waals surface area (Å²) < 4.78 is 0. The van der Waals surface area contributed by atoms with Crippen LogP contribution in [0.5, 0.6) is 0 Å². The van der Waals surface area contributed by atoms with Gasteiger partial charge in [-0.05, 0) is 0 Å². The molecular weight excluding hydrogens is 218 g/mol. The van der Waals surface area contributed by atoms with E-state index in [2.05, 4.69) is 0 Å². The lowest BCUT2D eigenvalue weighted by molar-refractivity contribution is -0.129. The Balaban J connectivity index is 2.42. The monoisotopic (exact) mass is 233 g/mol. The second kappa shape index (κ2) is 5.48. The molecule has 2 N–H and O–H groups in total. The lowest BCUT2D eigenvalue weighted by Crippen LogP contribution is -2.35. The molecule has 1 unspecified atom stereocenters. The van der Waals surface area contributed by atoms with E-state index in [-0.39, 0.29) is 29.4 Å². The van der Waals surface area contributed by atoms with E-state index in [1.165, 1.54) is 11.8 Å². The van der Waals surface area contributed by atoms with Gasteiger partial charge in [0.1, 0.15) is 0 Å². The average Bonchev–Trinajstić information content (AvgIpc) is 2.45. The van der Waals surface area contributed by atoms with Crippen molar-refractivity contribution in [2.75, 3.05) is 19.7 Å². The summed E-state index contributed by atoms with van der Waals surface area (Å²) in [5, 5.41) is 17.8. The molecule has 0 aromatic rings. The van der Waals surface area contributed by atoms with E-state index < -0.39 is 6.10 Å². The van der Waals surface area contributed by atoms with Crippen molar-refractivity contribution in [2.24, 2.45) is 0 Å². The molecule has 1 fully saturated rings. The van der Waals surface area contributed by atoms with Crippen molar-refractivity contribution in [1.82, 2.24) is 4.90 Å². The van der Waals surface area contributed by atoms with Crippen LogP contribution in [-0.2, 0) is 9.59 Å². The molecule has 0 radical (unpaired) electrons. The van der Waals surface area contributed by atoms with Gasteiger partial charge in [-0.3, -0.25) is 9.59 Å². The van der Waals surface area contributed by atoms with Crippen molar-refractivity contribution in [1.29, 1.82) is 0 Å². The number of hydrogen-bond donors (Lipinski definition) is 2. The Bertz CT molecular complexity index is 258. The number of carbonyl (C=O) groups is 2. The van der Waals surface area contributed by atoms with Gasteiger partial charge >= 0.3 is 0 Å². The van der Waals surface area contributed by atoms with Crippen LogP contribution in [0.2, 0.25) is 0 Å². The topological polar surface area (TPSA) is 77.8 Å². The van der Waals surface area contributed by atoms with E-state index in [0.717, 1.165) is 11.8 Å². The zero-order valence-electron chi connectivity index (χ0n) is 8.55. The summed E-state index contributed by atoms with van der Waals surface area (Å²) in [7, 11) is 0. The van der Waals surface area contributed by atoms with Crippen LogP contribution in [0.25, 0.3) is 0 Å². The maximum absolute atomic E-state index is 11.4. The molecule has 1 aliphatic heterocycles. The van der Waals surface area contributed by atoms with Crippen molar-refractivity contribution < 1.29 is 19.8 Å². The molecule has 5 nitrogen and oxygen atoms in total. The Kier molecular flexibility index (Phi) is 4.56. The van der Waals surface area contributed by atoms with E-state index in [1.54, 1.807) is 0 Å². The van der Waals surface area contributed by atoms with E-state index in [1.807, 2.05) is 0 Å². The molecule has 6 heteroatoms. The maximum atomic E-state index is 11.4. The minimum atomic E-state index is -0.893. The van der Waals surface area contributed by atoms with Gasteiger partial charge in [0.15, 0.2) is 5.12 Å². The summed E-state index contributed by atoms with van der Waals surface area (Å²) in [6.07, 6.45) is -0.558. The van der Waals surface area contributed by atoms with Gasteiger partial charge in [0.25, 0.3) is 0 Å². The predicted octanol–water partition coefficient (Wildman–Crippen LogP) is -0.780. The number of aliphatic hydroxyl groups is 2. The highest BCUT2D eigenvalue weighted by molar-refractivity contribution is 8.14. The average molecular weight is 233 g/mol. The second-order valence-electron chi connectivity index (χ2n) is 3.57. The number of amides is 1. The molecule has 2 atom stereocenters. The third kappa shape index (κ3) is 3.81. The molecule has 0 aliphatic carbocycles. The van der Waals surface area contributed by atoms with Gasteiger partial charge in [0.2, 0.25) is 5.91 Å². The zero-order valence-corrected chi connectivity index (χ0v) is 9.37. The summed E-state index contributed by atoms with van der Waals surface area (Å²) in [4.78, 5) is 23.7. The Labute approximate surface area is 92.4 Å². The van der Waals surface area contributed by atoms with Gasteiger partial charge in [0.05, 0.1) is 12.7 Å². The van der Waals surface area contributed by atoms with Crippen LogP contribution in [0.15, 0.2) is 0 Å². The highest BCUT2D eigenvalue weighted by Gasteiger charge is 2.31. The van der Waals surface area contributed by atoms with Crippen LogP contribution in [0.4, 0.5) is 0 Å². The lowest BCUT2D eigenvalue weighted by atomic mass is 10.3. The van der Waals surface area contributed by atoms with Gasteiger partial charge in [0, 0.05) is 31.7 Å². The maximum Gasteiger partial charge on any atom is 0.223 e. The molecule has 15 heavy (non-hydrogen) atoms. The van der Waals surface area contributed by atoms with Crippen LogP contribution in [-0.4, -0.2) is 57.2 Å². The molecule has 0 bridgehead atoms. The van der Waals surface area contributed by atoms with E-state index in [9.17, 15) is 14.7 Å². The summed E-state index contributed by atoms with van der Waals surface area (Å²) in [5.74, 6) is -0.0683. The van der Waals surface area contributed by atoms with Gasteiger partial charge in [-0.1, -0.05) is 11.8 Å². The van der Waals surface area contributed by atoms with Crippen molar-refractivity contribution in [2.45, 2.75) is 24.7 Å². The first-order valence-electron chi connectivity index (χ1n) is 4.77. The van der Waals surface area contributed by atoms with Crippen molar-refractivity contribution in [3.63, 3.8) is 0 Å². The highest BCUT2D eigenvalue weighted by atomic mass is 32.2.